The van der Waals surface area contributed by atoms with Gasteiger partial charge in [0, 0.05) is 7.05 Å². The monoisotopic (exact) mass is 288 g/mol. The van der Waals surface area contributed by atoms with Crippen LogP contribution in [-0.4, -0.2) is 8.97 Å². The summed E-state index contributed by atoms with van der Waals surface area (Å²) < 4.78 is 4.35. The molecule has 0 unspecified atom stereocenters. The van der Waals surface area contributed by atoms with Crippen molar-refractivity contribution in [1.29, 1.82) is 0 Å². The van der Waals surface area contributed by atoms with Gasteiger partial charge in [-0.05, 0) is 42.8 Å². The lowest BCUT2D eigenvalue weighted by Crippen LogP contribution is -1.85. The number of imidazole rings is 1. The van der Waals surface area contributed by atoms with E-state index in [1.54, 1.807) is 0 Å². The van der Waals surface area contributed by atoms with Crippen molar-refractivity contribution in [3.63, 3.8) is 0 Å². The van der Waals surface area contributed by atoms with Crippen LogP contribution in [0, 0.1) is 6.92 Å². The predicted octanol–water partition coefficient (Wildman–Crippen LogP) is 5.15. The SMILES string of the molecule is Cc1cc2n(C)c3ccccc3n2c1N=Nc1ccccc1. The van der Waals surface area contributed by atoms with Crippen molar-refractivity contribution < 1.29 is 0 Å². The molecule has 108 valence electrons. The molecule has 0 aliphatic carbocycles. The zero-order valence-corrected chi connectivity index (χ0v) is 12.6. The highest BCUT2D eigenvalue weighted by Gasteiger charge is 2.14. The summed E-state index contributed by atoms with van der Waals surface area (Å²) in [4.78, 5) is 0. The van der Waals surface area contributed by atoms with Gasteiger partial charge in [0.15, 0.2) is 5.82 Å². The first-order valence-corrected chi connectivity index (χ1v) is 7.28. The van der Waals surface area contributed by atoms with Crippen molar-refractivity contribution in [3.8, 4) is 0 Å². The standard InChI is InChI=1S/C18H16N4/c1-13-12-17-21(2)15-10-6-7-11-16(15)22(17)18(13)20-19-14-8-4-3-5-9-14/h3-12H,1-2H3. The fraction of sp³-hybridized carbons (Fsp3) is 0.111. The number of hydrogen-bond acceptors (Lipinski definition) is 2. The van der Waals surface area contributed by atoms with E-state index in [-0.39, 0.29) is 0 Å². The molecular formula is C18H16N4. The van der Waals surface area contributed by atoms with Gasteiger partial charge in [-0.2, -0.15) is 0 Å². The third-order valence-electron chi connectivity index (χ3n) is 3.98. The van der Waals surface area contributed by atoms with Crippen LogP contribution in [0.25, 0.3) is 16.7 Å². The number of hydrogen-bond donors (Lipinski definition) is 0. The molecule has 0 saturated carbocycles. The number of rotatable bonds is 2. The Bertz CT molecular complexity index is 990. The summed E-state index contributed by atoms with van der Waals surface area (Å²) in [6.07, 6.45) is 0. The minimum absolute atomic E-state index is 0.858. The second-order valence-electron chi connectivity index (χ2n) is 5.43. The van der Waals surface area contributed by atoms with Crippen molar-refractivity contribution in [3.05, 3.63) is 66.2 Å². The average molecular weight is 288 g/mol. The molecule has 0 atom stereocenters. The molecule has 4 rings (SSSR count). The third-order valence-corrected chi connectivity index (χ3v) is 3.98. The summed E-state index contributed by atoms with van der Waals surface area (Å²) in [6.45, 7) is 2.07. The zero-order chi connectivity index (χ0) is 15.1. The number of aryl methyl sites for hydroxylation is 2. The van der Waals surface area contributed by atoms with E-state index in [0.717, 1.165) is 28.2 Å². The lowest BCUT2D eigenvalue weighted by atomic mass is 10.3. The third kappa shape index (κ3) is 1.84. The van der Waals surface area contributed by atoms with E-state index in [9.17, 15) is 0 Å². The Morgan fingerprint density at radius 2 is 1.50 bits per heavy atom. The Labute approximate surface area is 128 Å². The number of benzene rings is 2. The summed E-state index contributed by atoms with van der Waals surface area (Å²) >= 11 is 0. The highest BCUT2D eigenvalue weighted by Crippen LogP contribution is 2.31. The van der Waals surface area contributed by atoms with Crippen molar-refractivity contribution in [2.24, 2.45) is 17.3 Å². The first-order chi connectivity index (χ1) is 10.8. The lowest BCUT2D eigenvalue weighted by Gasteiger charge is -1.97. The lowest BCUT2D eigenvalue weighted by molar-refractivity contribution is 0.991. The molecule has 22 heavy (non-hydrogen) atoms. The Hall–Kier alpha value is -2.88. The summed E-state index contributed by atoms with van der Waals surface area (Å²) in [6, 6.07) is 20.3. The van der Waals surface area contributed by atoms with Crippen LogP contribution >= 0.6 is 0 Å². The first-order valence-electron chi connectivity index (χ1n) is 7.28. The molecule has 4 aromatic rings. The van der Waals surface area contributed by atoms with Crippen LogP contribution in [0.1, 0.15) is 5.56 Å². The maximum atomic E-state index is 4.50. The predicted molar refractivity (Wildman–Crippen MR) is 89.2 cm³/mol. The number of nitrogens with zero attached hydrogens (tertiary/aromatic N) is 4. The highest BCUT2D eigenvalue weighted by atomic mass is 15.2. The molecule has 2 aromatic heterocycles. The Morgan fingerprint density at radius 1 is 0.818 bits per heavy atom. The fourth-order valence-electron chi connectivity index (χ4n) is 2.88. The maximum Gasteiger partial charge on any atom is 0.164 e. The number of fused-ring (bicyclic) bond motifs is 3. The van der Waals surface area contributed by atoms with Crippen LogP contribution in [0.3, 0.4) is 0 Å². The van der Waals surface area contributed by atoms with Crippen LogP contribution in [-0.2, 0) is 7.05 Å². The first kappa shape index (κ1) is 12.8. The molecule has 0 amide bonds. The summed E-state index contributed by atoms with van der Waals surface area (Å²) in [5.41, 5.74) is 5.44. The number of para-hydroxylation sites is 2. The van der Waals surface area contributed by atoms with Gasteiger partial charge in [-0.25, -0.2) is 0 Å². The van der Waals surface area contributed by atoms with Gasteiger partial charge in [-0.3, -0.25) is 4.40 Å². The van der Waals surface area contributed by atoms with E-state index in [1.165, 1.54) is 5.52 Å². The van der Waals surface area contributed by atoms with Crippen molar-refractivity contribution >= 4 is 28.2 Å². The molecule has 2 aromatic carbocycles. The molecule has 0 N–H and O–H groups in total. The molecule has 0 aliphatic rings. The van der Waals surface area contributed by atoms with Crippen LogP contribution in [0.15, 0.2) is 70.9 Å². The van der Waals surface area contributed by atoms with E-state index in [2.05, 4.69) is 63.5 Å². The smallest absolute Gasteiger partial charge is 0.164 e. The van der Waals surface area contributed by atoms with Gasteiger partial charge in [-0.15, -0.1) is 10.2 Å². The van der Waals surface area contributed by atoms with Gasteiger partial charge in [0.05, 0.1) is 16.7 Å². The fourth-order valence-corrected chi connectivity index (χ4v) is 2.88. The molecule has 2 heterocycles. The van der Waals surface area contributed by atoms with E-state index in [1.807, 2.05) is 30.3 Å². The molecule has 4 nitrogen and oxygen atoms in total. The second kappa shape index (κ2) is 4.84. The van der Waals surface area contributed by atoms with Gasteiger partial charge in [0.25, 0.3) is 0 Å². The van der Waals surface area contributed by atoms with Gasteiger partial charge in [0.2, 0.25) is 0 Å². The van der Waals surface area contributed by atoms with E-state index in [4.69, 9.17) is 0 Å². The molecular weight excluding hydrogens is 272 g/mol. The van der Waals surface area contributed by atoms with E-state index < -0.39 is 0 Å². The van der Waals surface area contributed by atoms with E-state index >= 15 is 0 Å². The molecule has 0 fully saturated rings. The topological polar surface area (TPSA) is 34.1 Å². The van der Waals surface area contributed by atoms with Gasteiger partial charge < -0.3 is 4.57 Å². The van der Waals surface area contributed by atoms with Gasteiger partial charge >= 0.3 is 0 Å². The summed E-state index contributed by atoms with van der Waals surface area (Å²) in [7, 11) is 2.08. The Balaban J connectivity index is 1.96. The highest BCUT2D eigenvalue weighted by molar-refractivity contribution is 5.84. The second-order valence-corrected chi connectivity index (χ2v) is 5.43. The van der Waals surface area contributed by atoms with Crippen molar-refractivity contribution in [1.82, 2.24) is 8.97 Å². The van der Waals surface area contributed by atoms with Gasteiger partial charge in [-0.1, -0.05) is 30.3 Å². The number of aromatic nitrogens is 2. The maximum absolute atomic E-state index is 4.50. The molecule has 0 spiro atoms. The van der Waals surface area contributed by atoms with Crippen LogP contribution in [0.2, 0.25) is 0 Å². The van der Waals surface area contributed by atoms with Crippen LogP contribution in [0.4, 0.5) is 11.5 Å². The normalized spacial score (nSPS) is 11.9. The zero-order valence-electron chi connectivity index (χ0n) is 12.6. The largest absolute Gasteiger partial charge is 0.329 e. The molecule has 0 saturated heterocycles. The minimum Gasteiger partial charge on any atom is -0.329 e. The average Bonchev–Trinajstić information content (AvgIpc) is 3.02. The molecule has 0 aliphatic heterocycles. The van der Waals surface area contributed by atoms with Crippen LogP contribution < -0.4 is 0 Å². The number of azo groups is 1. The summed E-state index contributed by atoms with van der Waals surface area (Å²) in [5.74, 6) is 0.885. The Kier molecular flexibility index (Phi) is 2.82. The molecule has 0 bridgehead atoms. The van der Waals surface area contributed by atoms with Gasteiger partial charge in [0.1, 0.15) is 5.65 Å². The van der Waals surface area contributed by atoms with Crippen molar-refractivity contribution in [2.45, 2.75) is 6.92 Å². The van der Waals surface area contributed by atoms with Crippen molar-refractivity contribution in [2.75, 3.05) is 0 Å². The minimum atomic E-state index is 0.858. The molecule has 4 heteroatoms. The van der Waals surface area contributed by atoms with Crippen LogP contribution in [0.5, 0.6) is 0 Å². The molecule has 0 radical (unpaired) electrons. The summed E-state index contributed by atoms with van der Waals surface area (Å²) in [5, 5.41) is 8.87. The van der Waals surface area contributed by atoms with E-state index in [0.29, 0.717) is 0 Å². The quantitative estimate of drug-likeness (QED) is 0.457. The Morgan fingerprint density at radius 3 is 2.27 bits per heavy atom.